The second-order valence-corrected chi connectivity index (χ2v) is 12.5. The van der Waals surface area contributed by atoms with E-state index in [1.165, 1.54) is 23.5 Å². The van der Waals surface area contributed by atoms with Crippen LogP contribution in [0.3, 0.4) is 0 Å². The van der Waals surface area contributed by atoms with Gasteiger partial charge in [-0.2, -0.15) is 0 Å². The Morgan fingerprint density at radius 3 is 1.45 bits per heavy atom. The molecule has 0 aliphatic heterocycles. The normalized spacial score (nSPS) is 11.1. The molecule has 0 fully saturated rings. The number of ether oxygens (including phenoxy) is 2. The van der Waals surface area contributed by atoms with E-state index < -0.39 is 0 Å². The largest absolute Gasteiger partial charge is 0.415 e. The van der Waals surface area contributed by atoms with Crippen LogP contribution in [-0.4, -0.2) is 81.4 Å². The molecule has 2 aromatic carbocycles. The zero-order valence-electron chi connectivity index (χ0n) is 22.7. The molecule has 0 aliphatic rings. The number of aromatic nitrogens is 4. The summed E-state index contributed by atoms with van der Waals surface area (Å²) >= 11 is 5.77. The Balaban J connectivity index is 0.943. The lowest BCUT2D eigenvalue weighted by molar-refractivity contribution is 0.0605. The lowest BCUT2D eigenvalue weighted by Gasteiger charge is -2.05. The second kappa shape index (κ2) is 18.8. The maximum absolute atomic E-state index is 12.2. The molecule has 4 rings (SSSR count). The summed E-state index contributed by atoms with van der Waals surface area (Å²) in [5, 5.41) is 16.9. The van der Waals surface area contributed by atoms with Gasteiger partial charge in [-0.1, -0.05) is 84.2 Å². The number of ketones is 2. The maximum Gasteiger partial charge on any atom is 0.277 e. The Morgan fingerprint density at radius 1 is 0.595 bits per heavy atom. The molecule has 0 radical (unpaired) electrons. The average molecular weight is 647 g/mol. The van der Waals surface area contributed by atoms with E-state index in [0.29, 0.717) is 71.3 Å². The predicted octanol–water partition coefficient (Wildman–Crippen LogP) is 5.60. The van der Waals surface area contributed by atoms with E-state index in [9.17, 15) is 9.59 Å². The van der Waals surface area contributed by atoms with E-state index in [1.54, 1.807) is 47.8 Å². The van der Waals surface area contributed by atoms with Crippen LogP contribution < -0.4 is 0 Å². The number of hydrogen-bond acceptors (Lipinski definition) is 14. The highest BCUT2D eigenvalue weighted by Crippen LogP contribution is 2.21. The summed E-state index contributed by atoms with van der Waals surface area (Å²) in [5.41, 5.74) is 1.34. The summed E-state index contributed by atoms with van der Waals surface area (Å²) in [6.45, 7) is 2.24. The Morgan fingerprint density at radius 2 is 1.02 bits per heavy atom. The van der Waals surface area contributed by atoms with Gasteiger partial charge < -0.3 is 18.3 Å². The first-order valence-corrected chi connectivity index (χ1v) is 17.3. The SMILES string of the molecule is O=C(CSc1nnc(CSCCOCCOCCSCc2nnc(SCC(=O)c3ccccc3)o2)o1)c1ccccc1. The molecule has 0 N–H and O–H groups in total. The Bertz CT molecular complexity index is 1250. The van der Waals surface area contributed by atoms with Gasteiger partial charge in [-0.25, -0.2) is 0 Å². The summed E-state index contributed by atoms with van der Waals surface area (Å²) in [5.74, 6) is 4.38. The fraction of sp³-hybridized carbons (Fsp3) is 0.357. The van der Waals surface area contributed by atoms with Crippen LogP contribution in [0.2, 0.25) is 0 Å². The minimum Gasteiger partial charge on any atom is -0.415 e. The van der Waals surface area contributed by atoms with Gasteiger partial charge in [-0.05, 0) is 0 Å². The van der Waals surface area contributed by atoms with Gasteiger partial charge in [0.2, 0.25) is 11.8 Å². The second-order valence-electron chi connectivity index (χ2n) is 8.41. The summed E-state index contributed by atoms with van der Waals surface area (Å²) in [6, 6.07) is 18.3. The van der Waals surface area contributed by atoms with E-state index in [0.717, 1.165) is 11.5 Å². The Labute approximate surface area is 260 Å². The molecule has 4 aromatic rings. The van der Waals surface area contributed by atoms with Gasteiger partial charge in [-0.3, -0.25) is 9.59 Å². The molecular weight excluding hydrogens is 617 g/mol. The molecule has 0 amide bonds. The molecule has 42 heavy (non-hydrogen) atoms. The van der Waals surface area contributed by atoms with Gasteiger partial charge in [0.1, 0.15) is 0 Å². The van der Waals surface area contributed by atoms with Crippen molar-refractivity contribution in [3.63, 3.8) is 0 Å². The monoisotopic (exact) mass is 646 g/mol. The van der Waals surface area contributed by atoms with Gasteiger partial charge >= 0.3 is 0 Å². The fourth-order valence-electron chi connectivity index (χ4n) is 3.26. The highest BCUT2D eigenvalue weighted by Gasteiger charge is 2.12. The first-order valence-electron chi connectivity index (χ1n) is 13.0. The smallest absolute Gasteiger partial charge is 0.277 e. The van der Waals surface area contributed by atoms with Crippen LogP contribution in [0.4, 0.5) is 0 Å². The van der Waals surface area contributed by atoms with Gasteiger partial charge in [0.15, 0.2) is 11.6 Å². The molecule has 10 nitrogen and oxygen atoms in total. The van der Waals surface area contributed by atoms with E-state index in [-0.39, 0.29) is 23.1 Å². The van der Waals surface area contributed by atoms with Crippen LogP contribution in [-0.2, 0) is 21.0 Å². The van der Waals surface area contributed by atoms with Crippen LogP contribution in [0.5, 0.6) is 0 Å². The van der Waals surface area contributed by atoms with Crippen molar-refractivity contribution in [1.82, 2.24) is 20.4 Å². The van der Waals surface area contributed by atoms with Crippen molar-refractivity contribution in [1.29, 1.82) is 0 Å². The molecule has 0 atom stereocenters. The average Bonchev–Trinajstić information content (AvgIpc) is 3.69. The molecule has 2 aromatic heterocycles. The van der Waals surface area contributed by atoms with Gasteiger partial charge in [0, 0.05) is 22.6 Å². The number of Topliss-reactive ketones (excluding diaryl/α,β-unsaturated/α-hetero) is 2. The zero-order chi connectivity index (χ0) is 29.2. The summed E-state index contributed by atoms with van der Waals surface area (Å²) < 4.78 is 22.4. The number of thioether (sulfide) groups is 4. The molecule has 0 spiro atoms. The first-order chi connectivity index (χ1) is 20.7. The molecule has 0 aliphatic carbocycles. The third-order valence-corrected chi connectivity index (χ3v) is 8.76. The van der Waals surface area contributed by atoms with Crippen LogP contribution in [0.15, 0.2) is 79.9 Å². The number of nitrogens with zero attached hydrogens (tertiary/aromatic N) is 4. The molecule has 2 heterocycles. The topological polar surface area (TPSA) is 130 Å². The third-order valence-electron chi connectivity index (χ3n) is 5.31. The van der Waals surface area contributed by atoms with E-state index in [2.05, 4.69) is 20.4 Å². The maximum atomic E-state index is 12.2. The standard InChI is InChI=1S/C28H30N4O6S4/c33-23(21-7-3-1-4-8-21)17-41-27-31-29-25(37-27)19-39-15-13-35-11-12-36-14-16-40-20-26-30-32-28(38-26)42-18-24(34)22-9-5-2-6-10-22/h1-10H,11-20H2. The summed E-state index contributed by atoms with van der Waals surface area (Å²) in [6.07, 6.45) is 0. The van der Waals surface area contributed by atoms with Crippen molar-refractivity contribution in [2.24, 2.45) is 0 Å². The molecular formula is C28H30N4O6S4. The number of rotatable bonds is 21. The van der Waals surface area contributed by atoms with Gasteiger partial charge in [0.25, 0.3) is 10.4 Å². The molecule has 14 heteroatoms. The lowest BCUT2D eigenvalue weighted by atomic mass is 10.2. The highest BCUT2D eigenvalue weighted by atomic mass is 32.2. The van der Waals surface area contributed by atoms with Crippen molar-refractivity contribution < 1.29 is 27.9 Å². The quantitative estimate of drug-likeness (QED) is 0.0632. The zero-order valence-corrected chi connectivity index (χ0v) is 26.0. The summed E-state index contributed by atoms with van der Waals surface area (Å²) in [7, 11) is 0. The molecule has 0 saturated heterocycles. The van der Waals surface area contributed by atoms with Crippen molar-refractivity contribution in [3.05, 3.63) is 83.6 Å². The molecule has 0 unspecified atom stereocenters. The molecule has 222 valence electrons. The Kier molecular flexibility index (Phi) is 14.5. The number of benzene rings is 2. The third kappa shape index (κ3) is 11.9. The van der Waals surface area contributed by atoms with Crippen molar-refractivity contribution in [2.45, 2.75) is 22.0 Å². The number of carbonyl (C=O) groups is 2. The van der Waals surface area contributed by atoms with E-state index in [4.69, 9.17) is 18.3 Å². The fourth-order valence-corrected chi connectivity index (χ4v) is 5.95. The van der Waals surface area contributed by atoms with Gasteiger partial charge in [-0.15, -0.1) is 43.9 Å². The number of hydrogen-bond donors (Lipinski definition) is 0. The Hall–Kier alpha value is -2.62. The summed E-state index contributed by atoms with van der Waals surface area (Å²) in [4.78, 5) is 24.4. The van der Waals surface area contributed by atoms with Crippen molar-refractivity contribution in [2.75, 3.05) is 49.4 Å². The minimum absolute atomic E-state index is 0.0254. The van der Waals surface area contributed by atoms with Crippen molar-refractivity contribution >= 4 is 58.6 Å². The highest BCUT2D eigenvalue weighted by molar-refractivity contribution is 8.00. The minimum atomic E-state index is 0.0254. The van der Waals surface area contributed by atoms with Crippen LogP contribution in [0, 0.1) is 0 Å². The predicted molar refractivity (Wildman–Crippen MR) is 166 cm³/mol. The van der Waals surface area contributed by atoms with E-state index >= 15 is 0 Å². The number of carbonyl (C=O) groups excluding carboxylic acids is 2. The van der Waals surface area contributed by atoms with Crippen LogP contribution >= 0.6 is 47.0 Å². The lowest BCUT2D eigenvalue weighted by Crippen LogP contribution is -2.08. The van der Waals surface area contributed by atoms with Crippen LogP contribution in [0.1, 0.15) is 32.5 Å². The van der Waals surface area contributed by atoms with Crippen LogP contribution in [0.25, 0.3) is 0 Å². The van der Waals surface area contributed by atoms with Gasteiger partial charge in [0.05, 0.1) is 49.4 Å². The van der Waals surface area contributed by atoms with E-state index in [1.807, 2.05) is 36.4 Å². The molecule has 0 bridgehead atoms. The van der Waals surface area contributed by atoms with Crippen molar-refractivity contribution in [3.8, 4) is 0 Å². The molecule has 0 saturated carbocycles. The first kappa shape index (κ1) is 32.3.